The molecule has 6 nitrogen and oxygen atoms in total. The summed E-state index contributed by atoms with van der Waals surface area (Å²) in [6.07, 6.45) is 0. The van der Waals surface area contributed by atoms with Crippen molar-refractivity contribution in [3.63, 3.8) is 0 Å². The minimum atomic E-state index is -0.666. The van der Waals surface area contributed by atoms with Gasteiger partial charge in [0.15, 0.2) is 5.75 Å². The molecule has 0 spiro atoms. The van der Waals surface area contributed by atoms with E-state index >= 15 is 0 Å². The number of rotatable bonds is 5. The number of fused-ring (bicyclic) bond motifs is 1. The zero-order valence-corrected chi connectivity index (χ0v) is 17.7. The van der Waals surface area contributed by atoms with Crippen LogP contribution in [0.3, 0.4) is 0 Å². The van der Waals surface area contributed by atoms with Gasteiger partial charge in [-0.2, -0.15) is 5.26 Å². The summed E-state index contributed by atoms with van der Waals surface area (Å²) in [6, 6.07) is 25.1. The zero-order valence-electron chi connectivity index (χ0n) is 17.7. The van der Waals surface area contributed by atoms with Gasteiger partial charge < -0.3 is 15.0 Å². The van der Waals surface area contributed by atoms with Crippen molar-refractivity contribution in [1.82, 2.24) is 0 Å². The van der Waals surface area contributed by atoms with E-state index < -0.39 is 5.91 Å². The molecule has 0 atom stereocenters. The van der Waals surface area contributed by atoms with Gasteiger partial charge in [-0.25, -0.2) is 0 Å². The highest BCUT2D eigenvalue weighted by Crippen LogP contribution is 2.40. The summed E-state index contributed by atoms with van der Waals surface area (Å²) in [5, 5.41) is 12.6. The van der Waals surface area contributed by atoms with Crippen LogP contribution in [0.2, 0.25) is 0 Å². The topological polar surface area (TPSA) is 82.4 Å². The summed E-state index contributed by atoms with van der Waals surface area (Å²) in [5.41, 5.74) is 1.53. The third-order valence-electron chi connectivity index (χ3n) is 5.08. The molecule has 3 aromatic carbocycles. The van der Waals surface area contributed by atoms with Crippen molar-refractivity contribution < 1.29 is 14.3 Å². The molecule has 0 fully saturated rings. The number of hydrogen-bond acceptors (Lipinski definition) is 4. The van der Waals surface area contributed by atoms with Crippen LogP contribution >= 0.6 is 0 Å². The lowest BCUT2D eigenvalue weighted by Gasteiger charge is -2.21. The van der Waals surface area contributed by atoms with Gasteiger partial charge in [0.2, 0.25) is 0 Å². The monoisotopic (exact) mass is 423 g/mol. The van der Waals surface area contributed by atoms with Gasteiger partial charge in [-0.3, -0.25) is 9.59 Å². The Morgan fingerprint density at radius 2 is 1.62 bits per heavy atom. The van der Waals surface area contributed by atoms with E-state index in [9.17, 15) is 14.9 Å². The first-order chi connectivity index (χ1) is 15.5. The number of amides is 2. The van der Waals surface area contributed by atoms with Crippen LogP contribution in [0.1, 0.15) is 19.4 Å². The lowest BCUT2D eigenvalue weighted by Crippen LogP contribution is -2.33. The molecule has 2 amide bonds. The van der Waals surface area contributed by atoms with Crippen LogP contribution in [-0.4, -0.2) is 17.9 Å². The Bertz CT molecular complexity index is 1260. The van der Waals surface area contributed by atoms with Crippen LogP contribution in [0.5, 0.6) is 11.5 Å². The molecule has 0 aromatic heterocycles. The second-order valence-electron chi connectivity index (χ2n) is 7.51. The molecule has 0 saturated heterocycles. The fourth-order valence-electron chi connectivity index (χ4n) is 3.67. The fraction of sp³-hybridized carbons (Fsp3) is 0.115. The van der Waals surface area contributed by atoms with E-state index in [0.717, 1.165) is 0 Å². The van der Waals surface area contributed by atoms with Gasteiger partial charge in [-0.1, -0.05) is 48.5 Å². The first-order valence-electron chi connectivity index (χ1n) is 10.2. The average Bonchev–Trinajstić information content (AvgIpc) is 3.08. The second kappa shape index (κ2) is 8.78. The molecule has 1 heterocycles. The minimum Gasteiger partial charge on any atom is -0.455 e. The minimum absolute atomic E-state index is 0.107. The van der Waals surface area contributed by atoms with Crippen molar-refractivity contribution in [3.8, 4) is 17.6 Å². The van der Waals surface area contributed by atoms with Crippen LogP contribution in [0.4, 0.5) is 11.4 Å². The van der Waals surface area contributed by atoms with E-state index in [2.05, 4.69) is 5.32 Å². The standard InChI is InChI=1S/C26H21N3O3/c1-17(2)29-22-14-8-6-12-19(22)24(26(29)31)20(16-27)25(30)28-21-13-7-9-15-23(21)32-18-10-4-3-5-11-18/h3-15,17H,1-2H3,(H,28,30). The highest BCUT2D eigenvalue weighted by atomic mass is 16.5. The predicted molar refractivity (Wildman–Crippen MR) is 123 cm³/mol. The molecule has 6 heteroatoms. The SMILES string of the molecule is CC(C)N1C(=O)C(=C(C#N)C(=O)Nc2ccccc2Oc2ccccc2)c2ccccc21. The molecule has 0 saturated carbocycles. The lowest BCUT2D eigenvalue weighted by molar-refractivity contribution is -0.115. The molecule has 0 radical (unpaired) electrons. The van der Waals surface area contributed by atoms with Crippen molar-refractivity contribution in [1.29, 1.82) is 5.26 Å². The maximum Gasteiger partial charge on any atom is 0.267 e. The highest BCUT2D eigenvalue weighted by Gasteiger charge is 2.37. The molecule has 3 aromatic rings. The number of carbonyl (C=O) groups is 2. The zero-order chi connectivity index (χ0) is 22.7. The average molecular weight is 423 g/mol. The number of nitrogens with zero attached hydrogens (tertiary/aromatic N) is 2. The third-order valence-corrected chi connectivity index (χ3v) is 5.08. The molecule has 1 N–H and O–H groups in total. The summed E-state index contributed by atoms with van der Waals surface area (Å²) in [4.78, 5) is 27.9. The molecule has 1 aliphatic rings. The molecule has 32 heavy (non-hydrogen) atoms. The first kappa shape index (κ1) is 20.9. The van der Waals surface area contributed by atoms with E-state index in [1.807, 2.05) is 50.2 Å². The number of anilines is 2. The molecule has 0 bridgehead atoms. The maximum atomic E-state index is 13.2. The highest BCUT2D eigenvalue weighted by molar-refractivity contribution is 6.38. The first-order valence-corrected chi connectivity index (χ1v) is 10.2. The summed E-state index contributed by atoms with van der Waals surface area (Å²) in [5.74, 6) is 0.0129. The van der Waals surface area contributed by atoms with Crippen molar-refractivity contribution in [2.45, 2.75) is 19.9 Å². The molecular formula is C26H21N3O3. The van der Waals surface area contributed by atoms with Gasteiger partial charge in [0.1, 0.15) is 17.4 Å². The summed E-state index contributed by atoms with van der Waals surface area (Å²) in [7, 11) is 0. The fourth-order valence-corrected chi connectivity index (χ4v) is 3.67. The Kier molecular flexibility index (Phi) is 5.73. The Hall–Kier alpha value is -4.37. The molecule has 0 unspecified atom stereocenters. The van der Waals surface area contributed by atoms with E-state index in [4.69, 9.17) is 4.74 Å². The molecule has 4 rings (SSSR count). The van der Waals surface area contributed by atoms with Crippen molar-refractivity contribution in [2.24, 2.45) is 0 Å². The van der Waals surface area contributed by atoms with Gasteiger partial charge in [0.05, 0.1) is 16.9 Å². The number of benzene rings is 3. The largest absolute Gasteiger partial charge is 0.455 e. The van der Waals surface area contributed by atoms with E-state index in [0.29, 0.717) is 28.4 Å². The lowest BCUT2D eigenvalue weighted by atomic mass is 10.0. The smallest absolute Gasteiger partial charge is 0.267 e. The molecular weight excluding hydrogens is 402 g/mol. The molecule has 1 aliphatic heterocycles. The Morgan fingerprint density at radius 3 is 2.34 bits per heavy atom. The number of hydrogen-bond donors (Lipinski definition) is 1. The summed E-state index contributed by atoms with van der Waals surface area (Å²) >= 11 is 0. The molecule has 158 valence electrons. The normalized spacial score (nSPS) is 14.1. The number of para-hydroxylation sites is 4. The van der Waals surface area contributed by atoms with Crippen molar-refractivity contribution in [2.75, 3.05) is 10.2 Å². The Labute approximate surface area is 186 Å². The molecule has 0 aliphatic carbocycles. The number of nitrogens with one attached hydrogen (secondary N) is 1. The maximum absolute atomic E-state index is 13.2. The second-order valence-corrected chi connectivity index (χ2v) is 7.51. The number of ether oxygens (including phenoxy) is 1. The van der Waals surface area contributed by atoms with Gasteiger partial charge in [0, 0.05) is 11.6 Å². The van der Waals surface area contributed by atoms with Crippen LogP contribution in [0, 0.1) is 11.3 Å². The summed E-state index contributed by atoms with van der Waals surface area (Å²) in [6.45, 7) is 3.78. The van der Waals surface area contributed by atoms with Gasteiger partial charge in [0.25, 0.3) is 11.8 Å². The van der Waals surface area contributed by atoms with Crippen molar-refractivity contribution >= 4 is 28.8 Å². The third kappa shape index (κ3) is 3.84. The van der Waals surface area contributed by atoms with Crippen molar-refractivity contribution in [3.05, 3.63) is 90.0 Å². The van der Waals surface area contributed by atoms with E-state index in [1.165, 1.54) is 0 Å². The summed E-state index contributed by atoms with van der Waals surface area (Å²) < 4.78 is 5.89. The predicted octanol–water partition coefficient (Wildman–Crippen LogP) is 5.15. The Balaban J connectivity index is 1.71. The quantitative estimate of drug-likeness (QED) is 0.454. The van der Waals surface area contributed by atoms with Crippen LogP contribution in [0.15, 0.2) is 84.4 Å². The van der Waals surface area contributed by atoms with Crippen LogP contribution < -0.4 is 15.0 Å². The van der Waals surface area contributed by atoms with Gasteiger partial charge >= 0.3 is 0 Å². The van der Waals surface area contributed by atoms with Crippen LogP contribution in [0.25, 0.3) is 5.57 Å². The number of carbonyl (C=O) groups excluding carboxylic acids is 2. The van der Waals surface area contributed by atoms with E-state index in [1.54, 1.807) is 53.4 Å². The van der Waals surface area contributed by atoms with E-state index in [-0.39, 0.29) is 23.1 Å². The number of nitriles is 1. The van der Waals surface area contributed by atoms with Gasteiger partial charge in [-0.15, -0.1) is 0 Å². The van der Waals surface area contributed by atoms with Gasteiger partial charge in [-0.05, 0) is 44.2 Å². The van der Waals surface area contributed by atoms with Crippen LogP contribution in [-0.2, 0) is 9.59 Å². The Morgan fingerprint density at radius 1 is 0.969 bits per heavy atom.